The predicted octanol–water partition coefficient (Wildman–Crippen LogP) is 5.31. The number of morpholine rings is 1. The summed E-state index contributed by atoms with van der Waals surface area (Å²) in [5.74, 6) is 3.34. The summed E-state index contributed by atoms with van der Waals surface area (Å²) in [4.78, 5) is 14.6. The molecular formula is C37H84N6O3S2. The van der Waals surface area contributed by atoms with Crippen LogP contribution < -0.4 is 0 Å². The molecule has 5 heterocycles. The van der Waals surface area contributed by atoms with Gasteiger partial charge in [0.25, 0.3) is 0 Å². The molecule has 11 heteroatoms. The molecule has 0 saturated carbocycles. The number of hydrogen-bond donors (Lipinski definition) is 0. The highest BCUT2D eigenvalue weighted by molar-refractivity contribution is 7.99. The number of likely N-dealkylation sites (N-methyl/N-ethyl adjacent to an activating group) is 1. The molecule has 0 amide bonds. The summed E-state index contributed by atoms with van der Waals surface area (Å²) >= 11 is 2.07. The Morgan fingerprint density at radius 3 is 1.10 bits per heavy atom. The van der Waals surface area contributed by atoms with E-state index >= 15 is 0 Å². The molecule has 0 spiro atoms. The molecule has 0 N–H and O–H groups in total. The molecule has 0 unspecified atom stereocenters. The fourth-order valence-electron chi connectivity index (χ4n) is 5.63. The highest BCUT2D eigenvalue weighted by atomic mass is 32.2. The van der Waals surface area contributed by atoms with E-state index < -0.39 is 9.84 Å². The number of ether oxygens (including phenoxy) is 1. The second kappa shape index (κ2) is 27.6. The highest BCUT2D eigenvalue weighted by Gasteiger charge is 2.22. The van der Waals surface area contributed by atoms with Crippen molar-refractivity contribution in [3.8, 4) is 0 Å². The molecule has 0 radical (unpaired) electrons. The van der Waals surface area contributed by atoms with Crippen LogP contribution in [-0.2, 0) is 14.6 Å². The van der Waals surface area contributed by atoms with Crippen molar-refractivity contribution in [1.29, 1.82) is 0 Å². The molecule has 0 atom stereocenters. The Labute approximate surface area is 305 Å². The minimum absolute atomic E-state index is 0. The Morgan fingerprint density at radius 2 is 0.812 bits per heavy atom. The smallest absolute Gasteiger partial charge is 0.152 e. The van der Waals surface area contributed by atoms with Crippen LogP contribution in [0, 0.1) is 0 Å². The van der Waals surface area contributed by atoms with Crippen LogP contribution in [-0.4, -0.2) is 190 Å². The van der Waals surface area contributed by atoms with Gasteiger partial charge in [-0.15, -0.1) is 0 Å². The Bertz CT molecular complexity index is 800. The van der Waals surface area contributed by atoms with Gasteiger partial charge in [-0.25, -0.2) is 8.42 Å². The SMILES string of the molecule is C.C.CC(C)N1CCC1.CC(C)N1CCN(C)CC1.CC(C)N1CCOCC1.CC(C)N1CCS(=O)(=O)CC1.CC(C)N1CCSCC1. The highest BCUT2D eigenvalue weighted by Crippen LogP contribution is 2.11. The average Bonchev–Trinajstić information content (AvgIpc) is 2.98. The molecule has 0 aromatic rings. The molecule has 0 aromatic heterocycles. The van der Waals surface area contributed by atoms with Gasteiger partial charge < -0.3 is 14.5 Å². The first-order valence-electron chi connectivity index (χ1n) is 18.4. The second-order valence-corrected chi connectivity index (χ2v) is 18.2. The lowest BCUT2D eigenvalue weighted by atomic mass is 10.2. The van der Waals surface area contributed by atoms with Crippen molar-refractivity contribution in [2.75, 3.05) is 122 Å². The summed E-state index contributed by atoms with van der Waals surface area (Å²) in [6.45, 7) is 37.9. The van der Waals surface area contributed by atoms with Gasteiger partial charge in [0.15, 0.2) is 9.84 Å². The Hall–Kier alpha value is 0.0200. The molecule has 48 heavy (non-hydrogen) atoms. The van der Waals surface area contributed by atoms with E-state index in [9.17, 15) is 8.42 Å². The fraction of sp³-hybridized carbons (Fsp3) is 1.00. The average molecular weight is 725 g/mol. The van der Waals surface area contributed by atoms with Gasteiger partial charge >= 0.3 is 0 Å². The number of rotatable bonds is 5. The van der Waals surface area contributed by atoms with Crippen LogP contribution in [0.4, 0.5) is 0 Å². The Kier molecular flexibility index (Phi) is 28.9. The molecule has 5 aliphatic heterocycles. The lowest BCUT2D eigenvalue weighted by Crippen LogP contribution is -2.47. The quantitative estimate of drug-likeness (QED) is 0.373. The zero-order valence-corrected chi connectivity index (χ0v) is 33.7. The van der Waals surface area contributed by atoms with Crippen molar-refractivity contribution in [2.45, 2.75) is 121 Å². The molecule has 0 bridgehead atoms. The maximum Gasteiger partial charge on any atom is 0.152 e. The van der Waals surface area contributed by atoms with Gasteiger partial charge in [-0.2, -0.15) is 11.8 Å². The van der Waals surface area contributed by atoms with E-state index in [2.05, 4.69) is 117 Å². The van der Waals surface area contributed by atoms with E-state index in [-0.39, 0.29) is 14.9 Å². The van der Waals surface area contributed by atoms with Crippen LogP contribution in [0.2, 0.25) is 0 Å². The summed E-state index contributed by atoms with van der Waals surface area (Å²) in [7, 11) is -0.499. The van der Waals surface area contributed by atoms with Crippen LogP contribution in [0.5, 0.6) is 0 Å². The van der Waals surface area contributed by atoms with Crippen molar-refractivity contribution >= 4 is 21.6 Å². The first kappa shape index (κ1) is 50.1. The van der Waals surface area contributed by atoms with Gasteiger partial charge in [-0.05, 0) is 95.8 Å². The number of likely N-dealkylation sites (tertiary alicyclic amines) is 1. The van der Waals surface area contributed by atoms with Gasteiger partial charge in [0.2, 0.25) is 0 Å². The number of thioether (sulfide) groups is 1. The zero-order valence-electron chi connectivity index (χ0n) is 32.0. The second-order valence-electron chi connectivity index (χ2n) is 14.7. The minimum atomic E-state index is -2.69. The molecular weight excluding hydrogens is 641 g/mol. The number of nitrogens with zero attached hydrogens (tertiary/aromatic N) is 6. The number of hydrogen-bond acceptors (Lipinski definition) is 10. The van der Waals surface area contributed by atoms with Gasteiger partial charge in [-0.1, -0.05) is 14.9 Å². The summed E-state index contributed by atoms with van der Waals surface area (Å²) in [6, 6.07) is 3.44. The topological polar surface area (TPSA) is 62.8 Å². The normalized spacial score (nSPS) is 22.8. The van der Waals surface area contributed by atoms with Gasteiger partial charge in [0, 0.05) is 107 Å². The van der Waals surface area contributed by atoms with Crippen LogP contribution in [0.3, 0.4) is 0 Å². The first-order valence-corrected chi connectivity index (χ1v) is 21.3. The monoisotopic (exact) mass is 725 g/mol. The Balaban J connectivity index is 0. The van der Waals surface area contributed by atoms with Crippen LogP contribution in [0.1, 0.15) is 90.5 Å². The Morgan fingerprint density at radius 1 is 0.479 bits per heavy atom. The summed E-state index contributed by atoms with van der Waals surface area (Å²) in [5, 5.41) is 0. The van der Waals surface area contributed by atoms with E-state index in [0.29, 0.717) is 36.7 Å². The van der Waals surface area contributed by atoms with Gasteiger partial charge in [0.1, 0.15) is 0 Å². The summed E-state index contributed by atoms with van der Waals surface area (Å²) in [6.07, 6.45) is 1.41. The predicted molar refractivity (Wildman–Crippen MR) is 216 cm³/mol. The molecule has 0 aliphatic carbocycles. The van der Waals surface area contributed by atoms with Crippen molar-refractivity contribution in [2.24, 2.45) is 0 Å². The molecule has 5 aliphatic rings. The van der Waals surface area contributed by atoms with Crippen LogP contribution in [0.15, 0.2) is 0 Å². The van der Waals surface area contributed by atoms with Crippen molar-refractivity contribution in [3.63, 3.8) is 0 Å². The molecule has 0 aromatic carbocycles. The van der Waals surface area contributed by atoms with Gasteiger partial charge in [0.05, 0.1) is 24.7 Å². The van der Waals surface area contributed by atoms with Crippen molar-refractivity contribution in [1.82, 2.24) is 29.4 Å². The molecule has 5 fully saturated rings. The third-order valence-electron chi connectivity index (χ3n) is 9.55. The summed E-state index contributed by atoms with van der Waals surface area (Å²) in [5.41, 5.74) is 0. The van der Waals surface area contributed by atoms with E-state index in [0.717, 1.165) is 44.4 Å². The van der Waals surface area contributed by atoms with Crippen LogP contribution in [0.25, 0.3) is 0 Å². The lowest BCUT2D eigenvalue weighted by molar-refractivity contribution is 0.0238. The molecule has 292 valence electrons. The fourth-order valence-corrected chi connectivity index (χ4v) is 7.79. The first-order chi connectivity index (χ1) is 21.6. The third kappa shape index (κ3) is 22.8. The van der Waals surface area contributed by atoms with Crippen molar-refractivity contribution < 1.29 is 13.2 Å². The van der Waals surface area contributed by atoms with E-state index in [1.165, 1.54) is 70.3 Å². The van der Waals surface area contributed by atoms with E-state index in [1.807, 2.05) is 0 Å². The van der Waals surface area contributed by atoms with Crippen molar-refractivity contribution in [3.05, 3.63) is 0 Å². The van der Waals surface area contributed by atoms with E-state index in [1.54, 1.807) is 0 Å². The zero-order chi connectivity index (χ0) is 34.7. The molecule has 9 nitrogen and oxygen atoms in total. The van der Waals surface area contributed by atoms with E-state index in [4.69, 9.17) is 4.74 Å². The maximum atomic E-state index is 11.0. The van der Waals surface area contributed by atoms with Crippen LogP contribution >= 0.6 is 11.8 Å². The maximum absolute atomic E-state index is 11.0. The largest absolute Gasteiger partial charge is 0.379 e. The molecule has 5 saturated heterocycles. The molecule has 5 rings (SSSR count). The lowest BCUT2D eigenvalue weighted by Gasteiger charge is -2.34. The number of piperazine rings is 1. The van der Waals surface area contributed by atoms with Gasteiger partial charge in [-0.3, -0.25) is 19.6 Å². The third-order valence-corrected chi connectivity index (χ3v) is 12.1. The standard InChI is InChI=1S/C8H18N2.C7H15NO2S.C7H15NO.C7H15NS.C6H13N.2CH4/c1-8(2)10-6-4-9(3)5-7-10;1-7(2)8-3-5-11(9,10)6-4-8;2*1-7(2)8-3-5-9-6-4-8;1-6(2)7-4-3-5-7;;/h8H,4-7H2,1-3H3;7H,3-6H2,1-2H3;2*7H,3-6H2,1-2H3;6H,3-5H2,1-2H3;2*1H4. The number of sulfone groups is 1. The summed E-state index contributed by atoms with van der Waals surface area (Å²) < 4.78 is 27.2. The minimum Gasteiger partial charge on any atom is -0.379 e.